The zero-order chi connectivity index (χ0) is 17.9. The van der Waals surface area contributed by atoms with Gasteiger partial charge in [-0.25, -0.2) is 0 Å². The Morgan fingerprint density at radius 1 is 1.19 bits per heavy atom. The minimum Gasteiger partial charge on any atom is -0.454 e. The number of benzene rings is 2. The number of ether oxygens (including phenoxy) is 2. The molecule has 1 unspecified atom stereocenters. The number of hydrogen-bond acceptors (Lipinski definition) is 4. The molecule has 2 heterocycles. The maximum absolute atomic E-state index is 12.7. The van der Waals surface area contributed by atoms with Gasteiger partial charge in [-0.2, -0.15) is 0 Å². The molecule has 0 spiro atoms. The highest BCUT2D eigenvalue weighted by Crippen LogP contribution is 2.34. The molecule has 0 bridgehead atoms. The first-order chi connectivity index (χ1) is 12.7. The Kier molecular flexibility index (Phi) is 4.80. The number of nitrogens with one attached hydrogen (secondary N) is 1. The van der Waals surface area contributed by atoms with Crippen LogP contribution in [0, 0.1) is 12.8 Å². The van der Waals surface area contributed by atoms with Gasteiger partial charge in [-0.1, -0.05) is 24.3 Å². The number of nitrogens with zero attached hydrogens (tertiary/aromatic N) is 1. The molecule has 1 saturated heterocycles. The van der Waals surface area contributed by atoms with Crippen molar-refractivity contribution in [3.05, 3.63) is 53.6 Å². The number of hydrogen-bond donors (Lipinski definition) is 1. The Morgan fingerprint density at radius 2 is 2.04 bits per heavy atom. The molecule has 2 aliphatic heterocycles. The zero-order valence-corrected chi connectivity index (χ0v) is 15.0. The average Bonchev–Trinajstić information content (AvgIpc) is 3.12. The summed E-state index contributed by atoms with van der Waals surface area (Å²) in [6.07, 6.45) is 1.98. The van der Waals surface area contributed by atoms with Crippen molar-refractivity contribution in [2.45, 2.75) is 26.3 Å². The Morgan fingerprint density at radius 3 is 2.92 bits per heavy atom. The second-order valence-electron chi connectivity index (χ2n) is 7.06. The lowest BCUT2D eigenvalue weighted by atomic mass is 9.96. The molecule has 1 atom stereocenters. The Labute approximate surface area is 153 Å². The van der Waals surface area contributed by atoms with Crippen molar-refractivity contribution in [3.8, 4) is 11.5 Å². The van der Waals surface area contributed by atoms with E-state index in [4.69, 9.17) is 9.47 Å². The maximum atomic E-state index is 12.7. The van der Waals surface area contributed by atoms with Crippen LogP contribution in [0.4, 0.5) is 5.69 Å². The summed E-state index contributed by atoms with van der Waals surface area (Å²) in [6, 6.07) is 14.0. The lowest BCUT2D eigenvalue weighted by Gasteiger charge is -2.32. The molecule has 26 heavy (non-hydrogen) atoms. The number of anilines is 1. The van der Waals surface area contributed by atoms with Gasteiger partial charge < -0.3 is 14.8 Å². The van der Waals surface area contributed by atoms with E-state index in [1.807, 2.05) is 18.2 Å². The Bertz CT molecular complexity index is 806. The standard InChI is InChI=1S/C21H24N2O3/c1-15-5-2-3-6-16(15)12-23-10-4-7-17(13-23)21(24)22-18-8-9-19-20(11-18)26-14-25-19/h2-3,5-6,8-9,11,17H,4,7,10,12-14H2,1H3,(H,22,24). The summed E-state index contributed by atoms with van der Waals surface area (Å²) in [5.41, 5.74) is 3.40. The largest absolute Gasteiger partial charge is 0.454 e. The van der Waals surface area contributed by atoms with Crippen LogP contribution in [0.2, 0.25) is 0 Å². The molecule has 136 valence electrons. The van der Waals surface area contributed by atoms with Crippen LogP contribution in [0.3, 0.4) is 0 Å². The second kappa shape index (κ2) is 7.38. The Hall–Kier alpha value is -2.53. The first-order valence-electron chi connectivity index (χ1n) is 9.16. The van der Waals surface area contributed by atoms with Crippen LogP contribution in [0.5, 0.6) is 11.5 Å². The summed E-state index contributed by atoms with van der Waals surface area (Å²) in [5.74, 6) is 1.51. The molecule has 5 heteroatoms. The third kappa shape index (κ3) is 3.68. The molecular formula is C21H24N2O3. The Balaban J connectivity index is 1.38. The molecule has 1 N–H and O–H groups in total. The van der Waals surface area contributed by atoms with Crippen molar-refractivity contribution in [2.24, 2.45) is 5.92 Å². The summed E-state index contributed by atoms with van der Waals surface area (Å²) >= 11 is 0. The van der Waals surface area contributed by atoms with Crippen LogP contribution in [0.15, 0.2) is 42.5 Å². The zero-order valence-electron chi connectivity index (χ0n) is 15.0. The van der Waals surface area contributed by atoms with Gasteiger partial charge in [0, 0.05) is 24.8 Å². The fraction of sp³-hybridized carbons (Fsp3) is 0.381. The van der Waals surface area contributed by atoms with E-state index in [-0.39, 0.29) is 18.6 Å². The van der Waals surface area contributed by atoms with Crippen molar-refractivity contribution in [1.82, 2.24) is 4.90 Å². The molecule has 0 aromatic heterocycles. The molecule has 2 aromatic carbocycles. The van der Waals surface area contributed by atoms with E-state index >= 15 is 0 Å². The second-order valence-corrected chi connectivity index (χ2v) is 7.06. The predicted octanol–water partition coefficient (Wildman–Crippen LogP) is 3.57. The summed E-state index contributed by atoms with van der Waals surface area (Å²) in [4.78, 5) is 15.1. The van der Waals surface area contributed by atoms with Gasteiger partial charge in [-0.05, 0) is 49.6 Å². The van der Waals surface area contributed by atoms with E-state index in [1.54, 1.807) is 0 Å². The highest BCUT2D eigenvalue weighted by molar-refractivity contribution is 5.93. The smallest absolute Gasteiger partial charge is 0.231 e. The summed E-state index contributed by atoms with van der Waals surface area (Å²) < 4.78 is 10.7. The third-order valence-corrected chi connectivity index (χ3v) is 5.17. The number of piperidine rings is 1. The molecule has 4 rings (SSSR count). The monoisotopic (exact) mass is 352 g/mol. The van der Waals surface area contributed by atoms with Gasteiger partial charge in [0.2, 0.25) is 12.7 Å². The fourth-order valence-electron chi connectivity index (χ4n) is 3.66. The SMILES string of the molecule is Cc1ccccc1CN1CCCC(C(=O)Nc2ccc3c(c2)OCO3)C1. The first kappa shape index (κ1) is 16.9. The molecule has 1 fully saturated rings. The third-order valence-electron chi connectivity index (χ3n) is 5.17. The van der Waals surface area contributed by atoms with Gasteiger partial charge in [-0.3, -0.25) is 9.69 Å². The van der Waals surface area contributed by atoms with E-state index in [0.717, 1.165) is 43.9 Å². The highest BCUT2D eigenvalue weighted by atomic mass is 16.7. The summed E-state index contributed by atoms with van der Waals surface area (Å²) in [5, 5.41) is 3.04. The van der Waals surface area contributed by atoms with Crippen LogP contribution in [-0.2, 0) is 11.3 Å². The van der Waals surface area contributed by atoms with Gasteiger partial charge in [-0.15, -0.1) is 0 Å². The summed E-state index contributed by atoms with van der Waals surface area (Å²) in [6.45, 7) is 5.12. The number of fused-ring (bicyclic) bond motifs is 1. The normalized spacial score (nSPS) is 19.3. The molecule has 1 amide bonds. The molecule has 0 aliphatic carbocycles. The van der Waals surface area contributed by atoms with E-state index in [0.29, 0.717) is 5.75 Å². The van der Waals surface area contributed by atoms with Gasteiger partial charge in [0.05, 0.1) is 5.92 Å². The minimum atomic E-state index is 0.0122. The number of likely N-dealkylation sites (tertiary alicyclic amines) is 1. The van der Waals surface area contributed by atoms with Crippen LogP contribution < -0.4 is 14.8 Å². The number of rotatable bonds is 4. The number of carbonyl (C=O) groups excluding carboxylic acids is 1. The topological polar surface area (TPSA) is 50.8 Å². The fourth-order valence-corrected chi connectivity index (χ4v) is 3.66. The molecule has 2 aliphatic rings. The predicted molar refractivity (Wildman–Crippen MR) is 100 cm³/mol. The molecule has 0 saturated carbocycles. The molecule has 5 nitrogen and oxygen atoms in total. The van der Waals surface area contributed by atoms with Crippen LogP contribution in [-0.4, -0.2) is 30.7 Å². The van der Waals surface area contributed by atoms with Crippen molar-refractivity contribution >= 4 is 11.6 Å². The highest BCUT2D eigenvalue weighted by Gasteiger charge is 2.26. The van der Waals surface area contributed by atoms with Crippen LogP contribution in [0.1, 0.15) is 24.0 Å². The molecule has 2 aromatic rings. The van der Waals surface area contributed by atoms with Crippen LogP contribution in [0.25, 0.3) is 0 Å². The number of aryl methyl sites for hydroxylation is 1. The van der Waals surface area contributed by atoms with Gasteiger partial charge in [0.1, 0.15) is 0 Å². The lowest BCUT2D eigenvalue weighted by Crippen LogP contribution is -2.40. The van der Waals surface area contributed by atoms with Crippen molar-refractivity contribution in [3.63, 3.8) is 0 Å². The van der Waals surface area contributed by atoms with E-state index in [9.17, 15) is 4.79 Å². The number of amides is 1. The van der Waals surface area contributed by atoms with Crippen LogP contribution >= 0.6 is 0 Å². The van der Waals surface area contributed by atoms with E-state index in [2.05, 4.69) is 41.4 Å². The van der Waals surface area contributed by atoms with E-state index < -0.39 is 0 Å². The van der Waals surface area contributed by atoms with Crippen molar-refractivity contribution in [2.75, 3.05) is 25.2 Å². The number of carbonyl (C=O) groups is 1. The quantitative estimate of drug-likeness (QED) is 0.914. The minimum absolute atomic E-state index is 0.0122. The maximum Gasteiger partial charge on any atom is 0.231 e. The van der Waals surface area contributed by atoms with E-state index in [1.165, 1.54) is 11.1 Å². The van der Waals surface area contributed by atoms with Gasteiger partial charge >= 0.3 is 0 Å². The van der Waals surface area contributed by atoms with Crippen molar-refractivity contribution < 1.29 is 14.3 Å². The molecular weight excluding hydrogens is 328 g/mol. The molecule has 0 radical (unpaired) electrons. The van der Waals surface area contributed by atoms with Gasteiger partial charge in [0.25, 0.3) is 0 Å². The first-order valence-corrected chi connectivity index (χ1v) is 9.16. The van der Waals surface area contributed by atoms with Gasteiger partial charge in [0.15, 0.2) is 11.5 Å². The summed E-state index contributed by atoms with van der Waals surface area (Å²) in [7, 11) is 0. The average molecular weight is 352 g/mol. The lowest BCUT2D eigenvalue weighted by molar-refractivity contribution is -0.121. The van der Waals surface area contributed by atoms with Crippen molar-refractivity contribution in [1.29, 1.82) is 0 Å².